The Balaban J connectivity index is 2.70. The number of nitrogens with zero attached hydrogens (tertiary/aromatic N) is 2. The van der Waals surface area contributed by atoms with E-state index in [1.54, 1.807) is 7.11 Å². The average molecular weight is 368 g/mol. The molecule has 1 aromatic rings. The highest BCUT2D eigenvalue weighted by Crippen LogP contribution is 2.28. The van der Waals surface area contributed by atoms with Gasteiger partial charge in [-0.3, -0.25) is 9.69 Å². The molecular formula is C19H32N2O5. The van der Waals surface area contributed by atoms with Gasteiger partial charge in [-0.1, -0.05) is 6.07 Å². The predicted molar refractivity (Wildman–Crippen MR) is 101 cm³/mol. The Morgan fingerprint density at radius 1 is 1.19 bits per heavy atom. The van der Waals surface area contributed by atoms with Crippen molar-refractivity contribution in [1.29, 1.82) is 0 Å². The molecule has 7 heteroatoms. The fraction of sp³-hybridized carbons (Fsp3) is 0.632. The molecule has 0 aromatic heterocycles. The quantitative estimate of drug-likeness (QED) is 0.592. The van der Waals surface area contributed by atoms with Crippen molar-refractivity contribution in [3.63, 3.8) is 0 Å². The number of benzene rings is 1. The standard InChI is InChI=1S/C19H32N2O5/c1-14(2)21(4)11-16(22)13-26-18-9-15(7-8-17(18)24-5)10-20(3)12-19(23)25-6/h7-9,14,16,22H,10-13H2,1-6H3/t16-/m0/s1. The summed E-state index contributed by atoms with van der Waals surface area (Å²) >= 11 is 0. The summed E-state index contributed by atoms with van der Waals surface area (Å²) in [7, 11) is 6.76. The van der Waals surface area contributed by atoms with Crippen molar-refractivity contribution in [3.8, 4) is 11.5 Å². The number of carbonyl (C=O) groups excluding carboxylic acids is 1. The molecule has 0 bridgehead atoms. The minimum Gasteiger partial charge on any atom is -0.493 e. The van der Waals surface area contributed by atoms with Gasteiger partial charge in [0, 0.05) is 19.1 Å². The summed E-state index contributed by atoms with van der Waals surface area (Å²) in [5, 5.41) is 10.2. The summed E-state index contributed by atoms with van der Waals surface area (Å²) in [5.74, 6) is 0.895. The second-order valence-electron chi connectivity index (χ2n) is 6.73. The third kappa shape index (κ3) is 7.59. The lowest BCUT2D eigenvalue weighted by atomic mass is 10.2. The first-order chi connectivity index (χ1) is 12.3. The third-order valence-corrected chi connectivity index (χ3v) is 4.12. The SMILES string of the molecule is COC(=O)CN(C)Cc1ccc(OC)c(OC[C@@H](O)CN(C)C(C)C)c1. The van der Waals surface area contributed by atoms with Gasteiger partial charge in [0.2, 0.25) is 0 Å². The summed E-state index contributed by atoms with van der Waals surface area (Å²) in [6.07, 6.45) is -0.599. The van der Waals surface area contributed by atoms with Crippen LogP contribution in [0.25, 0.3) is 0 Å². The molecular weight excluding hydrogens is 336 g/mol. The maximum atomic E-state index is 11.4. The Morgan fingerprint density at radius 3 is 2.46 bits per heavy atom. The topological polar surface area (TPSA) is 71.5 Å². The Labute approximate surface area is 156 Å². The molecule has 0 fully saturated rings. The Bertz CT molecular complexity index is 565. The van der Waals surface area contributed by atoms with Crippen molar-refractivity contribution in [2.75, 3.05) is 48.0 Å². The number of esters is 1. The maximum Gasteiger partial charge on any atom is 0.319 e. The van der Waals surface area contributed by atoms with Gasteiger partial charge in [0.25, 0.3) is 0 Å². The molecule has 0 aliphatic heterocycles. The zero-order valence-electron chi connectivity index (χ0n) is 16.7. The van der Waals surface area contributed by atoms with E-state index in [0.29, 0.717) is 30.6 Å². The first-order valence-corrected chi connectivity index (χ1v) is 8.70. The van der Waals surface area contributed by atoms with Crippen LogP contribution < -0.4 is 9.47 Å². The number of rotatable bonds is 11. The summed E-state index contributed by atoms with van der Waals surface area (Å²) in [5.41, 5.74) is 0.973. The lowest BCUT2D eigenvalue weighted by Crippen LogP contribution is -2.37. The molecule has 7 nitrogen and oxygen atoms in total. The highest BCUT2D eigenvalue weighted by molar-refractivity contribution is 5.71. The molecule has 1 atom stereocenters. The zero-order chi connectivity index (χ0) is 19.7. The fourth-order valence-corrected chi connectivity index (χ4v) is 2.37. The number of ether oxygens (including phenoxy) is 3. The van der Waals surface area contributed by atoms with Crippen molar-refractivity contribution < 1.29 is 24.1 Å². The van der Waals surface area contributed by atoms with Gasteiger partial charge in [-0.05, 0) is 45.6 Å². The molecule has 0 heterocycles. The van der Waals surface area contributed by atoms with Gasteiger partial charge < -0.3 is 24.2 Å². The van der Waals surface area contributed by atoms with E-state index in [0.717, 1.165) is 5.56 Å². The molecule has 0 aliphatic carbocycles. The summed E-state index contributed by atoms with van der Waals surface area (Å²) in [6.45, 7) is 5.62. The van der Waals surface area contributed by atoms with Gasteiger partial charge in [-0.2, -0.15) is 0 Å². The van der Waals surface area contributed by atoms with Crippen LogP contribution in [0, 0.1) is 0 Å². The lowest BCUT2D eigenvalue weighted by molar-refractivity contribution is -0.141. The number of hydrogen-bond acceptors (Lipinski definition) is 7. The van der Waals surface area contributed by atoms with Crippen LogP contribution in [0.5, 0.6) is 11.5 Å². The van der Waals surface area contributed by atoms with Crippen molar-refractivity contribution in [2.24, 2.45) is 0 Å². The van der Waals surface area contributed by atoms with Crippen LogP contribution in [0.1, 0.15) is 19.4 Å². The van der Waals surface area contributed by atoms with Crippen molar-refractivity contribution >= 4 is 5.97 Å². The predicted octanol–water partition coefficient (Wildman–Crippen LogP) is 1.38. The van der Waals surface area contributed by atoms with E-state index in [-0.39, 0.29) is 19.1 Å². The highest BCUT2D eigenvalue weighted by Gasteiger charge is 2.14. The number of likely N-dealkylation sites (N-methyl/N-ethyl adjacent to an activating group) is 2. The number of hydrogen-bond donors (Lipinski definition) is 1. The first-order valence-electron chi connectivity index (χ1n) is 8.70. The van der Waals surface area contributed by atoms with Crippen molar-refractivity contribution in [3.05, 3.63) is 23.8 Å². The molecule has 0 unspecified atom stereocenters. The third-order valence-electron chi connectivity index (χ3n) is 4.12. The molecule has 0 spiro atoms. The summed E-state index contributed by atoms with van der Waals surface area (Å²) in [4.78, 5) is 15.3. The van der Waals surface area contributed by atoms with E-state index < -0.39 is 6.10 Å². The second-order valence-corrected chi connectivity index (χ2v) is 6.73. The van der Waals surface area contributed by atoms with Crippen LogP contribution in [-0.2, 0) is 16.1 Å². The molecule has 148 valence electrons. The highest BCUT2D eigenvalue weighted by atomic mass is 16.5. The molecule has 0 amide bonds. The van der Waals surface area contributed by atoms with E-state index in [2.05, 4.69) is 23.5 Å². The van der Waals surface area contributed by atoms with Crippen molar-refractivity contribution in [2.45, 2.75) is 32.5 Å². The minimum atomic E-state index is -0.599. The van der Waals surface area contributed by atoms with E-state index in [1.807, 2.05) is 37.2 Å². The van der Waals surface area contributed by atoms with Gasteiger partial charge in [-0.15, -0.1) is 0 Å². The van der Waals surface area contributed by atoms with Gasteiger partial charge in [-0.25, -0.2) is 0 Å². The normalized spacial score (nSPS) is 12.5. The molecule has 26 heavy (non-hydrogen) atoms. The molecule has 0 saturated heterocycles. The van der Waals surface area contributed by atoms with Crippen LogP contribution >= 0.6 is 0 Å². The van der Waals surface area contributed by atoms with Gasteiger partial charge in [0.05, 0.1) is 20.8 Å². The number of carbonyl (C=O) groups is 1. The molecule has 0 aliphatic rings. The molecule has 0 radical (unpaired) electrons. The maximum absolute atomic E-state index is 11.4. The van der Waals surface area contributed by atoms with Crippen LogP contribution in [0.4, 0.5) is 0 Å². The van der Waals surface area contributed by atoms with Crippen LogP contribution in [0.3, 0.4) is 0 Å². The molecule has 1 rings (SSSR count). The number of aliphatic hydroxyl groups is 1. The van der Waals surface area contributed by atoms with Crippen LogP contribution in [0.2, 0.25) is 0 Å². The summed E-state index contributed by atoms with van der Waals surface area (Å²) < 4.78 is 15.8. The Morgan fingerprint density at radius 2 is 1.88 bits per heavy atom. The van der Waals surface area contributed by atoms with Gasteiger partial charge in [0.15, 0.2) is 11.5 Å². The van der Waals surface area contributed by atoms with Gasteiger partial charge >= 0.3 is 5.97 Å². The summed E-state index contributed by atoms with van der Waals surface area (Å²) in [6, 6.07) is 5.96. The average Bonchev–Trinajstić information content (AvgIpc) is 2.59. The molecule has 1 aromatic carbocycles. The minimum absolute atomic E-state index is 0.175. The monoisotopic (exact) mass is 368 g/mol. The van der Waals surface area contributed by atoms with Crippen LogP contribution in [-0.4, -0.2) is 81.0 Å². The second kappa shape index (κ2) is 11.0. The van der Waals surface area contributed by atoms with E-state index in [9.17, 15) is 9.90 Å². The van der Waals surface area contributed by atoms with Crippen molar-refractivity contribution in [1.82, 2.24) is 9.80 Å². The smallest absolute Gasteiger partial charge is 0.319 e. The van der Waals surface area contributed by atoms with Crippen LogP contribution in [0.15, 0.2) is 18.2 Å². The number of methoxy groups -OCH3 is 2. The fourth-order valence-electron chi connectivity index (χ4n) is 2.37. The van der Waals surface area contributed by atoms with E-state index >= 15 is 0 Å². The molecule has 0 saturated carbocycles. The Hall–Kier alpha value is -1.83. The Kier molecular flexibility index (Phi) is 9.40. The first kappa shape index (κ1) is 22.2. The van der Waals surface area contributed by atoms with E-state index in [4.69, 9.17) is 9.47 Å². The van der Waals surface area contributed by atoms with Gasteiger partial charge in [0.1, 0.15) is 12.7 Å². The zero-order valence-corrected chi connectivity index (χ0v) is 16.7. The van der Waals surface area contributed by atoms with E-state index in [1.165, 1.54) is 7.11 Å². The largest absolute Gasteiger partial charge is 0.493 e. The molecule has 1 N–H and O–H groups in total. The lowest BCUT2D eigenvalue weighted by Gasteiger charge is -2.24. The number of aliphatic hydroxyl groups excluding tert-OH is 1.